The second-order valence-corrected chi connectivity index (χ2v) is 5.35. The van der Waals surface area contributed by atoms with Gasteiger partial charge in [0.15, 0.2) is 11.5 Å². The molecular weight excluding hydrogens is 274 g/mol. The number of aryl methyl sites for hydroxylation is 1. The normalized spacial score (nSPS) is 15.7. The van der Waals surface area contributed by atoms with Gasteiger partial charge >= 0.3 is 5.97 Å². The summed E-state index contributed by atoms with van der Waals surface area (Å²) in [7, 11) is 0. The molecule has 1 saturated carbocycles. The van der Waals surface area contributed by atoms with E-state index in [0.717, 1.165) is 5.76 Å². The van der Waals surface area contributed by atoms with E-state index in [-0.39, 0.29) is 12.2 Å². The number of aromatic nitrogens is 2. The largest absolute Gasteiger partial charge is 0.481 e. The highest BCUT2D eigenvalue weighted by atomic mass is 16.4. The maximum absolute atomic E-state index is 12.0. The quantitative estimate of drug-likeness (QED) is 0.774. The molecule has 0 spiro atoms. The van der Waals surface area contributed by atoms with Crippen LogP contribution < -0.4 is 5.32 Å². The summed E-state index contributed by atoms with van der Waals surface area (Å²) in [5.74, 6) is 0.107. The molecule has 110 valence electrons. The number of rotatable bonds is 5. The average Bonchev–Trinajstić information content (AvgIpc) is 2.88. The molecule has 0 radical (unpaired) electrons. The van der Waals surface area contributed by atoms with E-state index in [0.29, 0.717) is 24.3 Å². The molecule has 0 aromatic carbocycles. The van der Waals surface area contributed by atoms with Gasteiger partial charge in [0.05, 0.1) is 5.41 Å². The van der Waals surface area contributed by atoms with Crippen LogP contribution in [0.4, 0.5) is 0 Å². The molecule has 1 aliphatic rings. The Morgan fingerprint density at radius 1 is 1.48 bits per heavy atom. The molecule has 1 aliphatic carbocycles. The summed E-state index contributed by atoms with van der Waals surface area (Å²) in [6.45, 7) is 1.96. The summed E-state index contributed by atoms with van der Waals surface area (Å²) in [6.07, 6.45) is 1.19. The monoisotopic (exact) mass is 289 g/mol. The van der Waals surface area contributed by atoms with Gasteiger partial charge in [-0.05, 0) is 31.9 Å². The maximum atomic E-state index is 12.0. The van der Waals surface area contributed by atoms with Gasteiger partial charge in [0.25, 0.3) is 5.91 Å². The van der Waals surface area contributed by atoms with Gasteiger partial charge < -0.3 is 14.8 Å². The molecule has 2 heterocycles. The Morgan fingerprint density at radius 2 is 2.24 bits per heavy atom. The van der Waals surface area contributed by atoms with Crippen molar-refractivity contribution in [3.8, 4) is 11.5 Å². The minimum Gasteiger partial charge on any atom is -0.481 e. The maximum Gasteiger partial charge on any atom is 0.311 e. The highest BCUT2D eigenvalue weighted by molar-refractivity contribution is 5.93. The zero-order valence-electron chi connectivity index (χ0n) is 11.5. The van der Waals surface area contributed by atoms with Gasteiger partial charge in [-0.15, -0.1) is 0 Å². The molecule has 0 bridgehead atoms. The van der Waals surface area contributed by atoms with Crippen molar-refractivity contribution in [3.05, 3.63) is 29.7 Å². The summed E-state index contributed by atoms with van der Waals surface area (Å²) in [5.41, 5.74) is 0.0280. The molecule has 1 amide bonds. The fourth-order valence-corrected chi connectivity index (χ4v) is 2.10. The number of amides is 1. The van der Waals surface area contributed by atoms with Crippen LogP contribution in [0.2, 0.25) is 0 Å². The molecule has 7 nitrogen and oxygen atoms in total. The standard InChI is InChI=1S/C14H15N3O4/c1-8-2-3-11(21-8)9-6-10(17-16-9)12(18)15-7-14(4-5-14)13(19)20/h2-3,6H,4-5,7H2,1H3,(H,15,18)(H,16,17)(H,19,20). The van der Waals surface area contributed by atoms with Crippen LogP contribution in [0.5, 0.6) is 0 Å². The van der Waals surface area contributed by atoms with Crippen molar-refractivity contribution in [2.75, 3.05) is 6.54 Å². The van der Waals surface area contributed by atoms with Crippen LogP contribution in [-0.2, 0) is 4.79 Å². The van der Waals surface area contributed by atoms with E-state index in [1.807, 2.05) is 13.0 Å². The number of carboxylic acids is 1. The molecule has 21 heavy (non-hydrogen) atoms. The van der Waals surface area contributed by atoms with Crippen molar-refractivity contribution < 1.29 is 19.1 Å². The van der Waals surface area contributed by atoms with Crippen molar-refractivity contribution in [1.29, 1.82) is 0 Å². The zero-order valence-corrected chi connectivity index (χ0v) is 11.5. The minimum absolute atomic E-state index is 0.128. The molecule has 2 aromatic rings. The first-order valence-corrected chi connectivity index (χ1v) is 6.64. The van der Waals surface area contributed by atoms with Crippen molar-refractivity contribution in [3.63, 3.8) is 0 Å². The lowest BCUT2D eigenvalue weighted by molar-refractivity contribution is -0.143. The van der Waals surface area contributed by atoms with Crippen LogP contribution in [0.15, 0.2) is 22.6 Å². The number of carbonyl (C=O) groups excluding carboxylic acids is 1. The molecule has 7 heteroatoms. The number of nitrogens with zero attached hydrogens (tertiary/aromatic N) is 1. The average molecular weight is 289 g/mol. The molecule has 2 aromatic heterocycles. The van der Waals surface area contributed by atoms with E-state index in [1.54, 1.807) is 12.1 Å². The number of nitrogens with one attached hydrogen (secondary N) is 2. The third kappa shape index (κ3) is 2.54. The van der Waals surface area contributed by atoms with Gasteiger partial charge in [0.2, 0.25) is 0 Å². The molecular formula is C14H15N3O4. The first kappa shape index (κ1) is 13.4. The topological polar surface area (TPSA) is 108 Å². The van der Waals surface area contributed by atoms with Crippen LogP contribution in [-0.4, -0.2) is 33.7 Å². The predicted octanol–water partition coefficient (Wildman–Crippen LogP) is 1.57. The lowest BCUT2D eigenvalue weighted by Gasteiger charge is -2.09. The van der Waals surface area contributed by atoms with Gasteiger partial charge in [0.1, 0.15) is 11.5 Å². The molecule has 3 N–H and O–H groups in total. The summed E-state index contributed by atoms with van der Waals surface area (Å²) in [5, 5.41) is 18.3. The van der Waals surface area contributed by atoms with Crippen LogP contribution in [0.3, 0.4) is 0 Å². The molecule has 0 atom stereocenters. The highest BCUT2D eigenvalue weighted by Gasteiger charge is 2.50. The van der Waals surface area contributed by atoms with Crippen LogP contribution in [0.1, 0.15) is 29.1 Å². The first-order chi connectivity index (χ1) is 10.00. The number of hydrogen-bond acceptors (Lipinski definition) is 4. The van der Waals surface area contributed by atoms with Crippen molar-refractivity contribution in [1.82, 2.24) is 15.5 Å². The second kappa shape index (κ2) is 4.76. The number of H-pyrrole nitrogens is 1. The number of aliphatic carboxylic acids is 1. The highest BCUT2D eigenvalue weighted by Crippen LogP contribution is 2.45. The summed E-state index contributed by atoms with van der Waals surface area (Å²) < 4.78 is 5.44. The fraction of sp³-hybridized carbons (Fsp3) is 0.357. The summed E-state index contributed by atoms with van der Waals surface area (Å²) in [6, 6.07) is 5.18. The van der Waals surface area contributed by atoms with Crippen molar-refractivity contribution in [2.45, 2.75) is 19.8 Å². The molecule has 3 rings (SSSR count). The second-order valence-electron chi connectivity index (χ2n) is 5.35. The van der Waals surface area contributed by atoms with E-state index >= 15 is 0 Å². The SMILES string of the molecule is Cc1ccc(-c2cc(C(=O)NCC3(C(=O)O)CC3)n[nH]2)o1. The summed E-state index contributed by atoms with van der Waals surface area (Å²) >= 11 is 0. The van der Waals surface area contributed by atoms with Crippen LogP contribution >= 0.6 is 0 Å². The Morgan fingerprint density at radius 3 is 2.81 bits per heavy atom. The van der Waals surface area contributed by atoms with E-state index in [1.165, 1.54) is 0 Å². The molecule has 0 saturated heterocycles. The first-order valence-electron chi connectivity index (χ1n) is 6.64. The Bertz CT molecular complexity index is 697. The number of carbonyl (C=O) groups is 2. The van der Waals surface area contributed by atoms with Crippen molar-refractivity contribution >= 4 is 11.9 Å². The van der Waals surface area contributed by atoms with Gasteiger partial charge in [-0.2, -0.15) is 5.10 Å². The number of carboxylic acid groups (broad SMARTS) is 1. The summed E-state index contributed by atoms with van der Waals surface area (Å²) in [4.78, 5) is 23.0. The lowest BCUT2D eigenvalue weighted by atomic mass is 10.1. The van der Waals surface area contributed by atoms with E-state index in [4.69, 9.17) is 9.52 Å². The lowest BCUT2D eigenvalue weighted by Crippen LogP contribution is -2.34. The predicted molar refractivity (Wildman–Crippen MR) is 72.7 cm³/mol. The van der Waals surface area contributed by atoms with Gasteiger partial charge in [0, 0.05) is 12.6 Å². The van der Waals surface area contributed by atoms with E-state index in [9.17, 15) is 9.59 Å². The zero-order chi connectivity index (χ0) is 15.0. The third-order valence-electron chi connectivity index (χ3n) is 3.71. The Kier molecular flexibility index (Phi) is 3.04. The Balaban J connectivity index is 1.66. The van der Waals surface area contributed by atoms with Gasteiger partial charge in [-0.1, -0.05) is 0 Å². The molecule has 0 unspecified atom stereocenters. The van der Waals surface area contributed by atoms with E-state index < -0.39 is 17.3 Å². The number of aromatic amines is 1. The van der Waals surface area contributed by atoms with Gasteiger partial charge in [-0.3, -0.25) is 14.7 Å². The third-order valence-corrected chi connectivity index (χ3v) is 3.71. The van der Waals surface area contributed by atoms with E-state index in [2.05, 4.69) is 15.5 Å². The number of hydrogen-bond donors (Lipinski definition) is 3. The number of furan rings is 1. The smallest absolute Gasteiger partial charge is 0.311 e. The Labute approximate surface area is 120 Å². The van der Waals surface area contributed by atoms with Crippen LogP contribution in [0, 0.1) is 12.3 Å². The van der Waals surface area contributed by atoms with Crippen molar-refractivity contribution in [2.24, 2.45) is 5.41 Å². The Hall–Kier alpha value is -2.57. The van der Waals surface area contributed by atoms with Crippen LogP contribution in [0.25, 0.3) is 11.5 Å². The van der Waals surface area contributed by atoms with Gasteiger partial charge in [-0.25, -0.2) is 0 Å². The molecule has 1 fully saturated rings. The molecule has 0 aliphatic heterocycles. The fourth-order valence-electron chi connectivity index (χ4n) is 2.10. The minimum atomic E-state index is -0.864.